The van der Waals surface area contributed by atoms with Gasteiger partial charge in [0.2, 0.25) is 0 Å². The van der Waals surface area contributed by atoms with Crippen LogP contribution < -0.4 is 0 Å². The second kappa shape index (κ2) is 14.4. The predicted molar refractivity (Wildman–Crippen MR) is 238 cm³/mol. The molecule has 6 nitrogen and oxygen atoms in total. The number of hydrogen-bond acceptors (Lipinski definition) is 2. The zero-order valence-corrected chi connectivity index (χ0v) is 32.4. The van der Waals surface area contributed by atoms with Crippen molar-refractivity contribution in [2.45, 2.75) is 6.18 Å². The van der Waals surface area contributed by atoms with Gasteiger partial charge in [0.05, 0.1) is 58.2 Å². The second-order valence-corrected chi connectivity index (χ2v) is 14.8. The van der Waals surface area contributed by atoms with Crippen molar-refractivity contribution in [3.05, 3.63) is 203 Å². The highest BCUT2D eigenvalue weighted by atomic mass is 19.4. The van der Waals surface area contributed by atoms with Crippen LogP contribution >= 0.6 is 0 Å². The van der Waals surface area contributed by atoms with Crippen LogP contribution in [0.5, 0.6) is 0 Å². The molecule has 0 saturated carbocycles. The Hall–Kier alpha value is -8.89. The Labute approximate surface area is 353 Å². The Bertz CT molecular complexity index is 3500. The summed E-state index contributed by atoms with van der Waals surface area (Å²) in [4.78, 5) is 7.33. The highest BCUT2D eigenvalue weighted by molar-refractivity contribution is 6.13. The van der Waals surface area contributed by atoms with Gasteiger partial charge < -0.3 is 9.13 Å². The third kappa shape index (κ3) is 5.85. The molecule has 0 aliphatic carbocycles. The van der Waals surface area contributed by atoms with Gasteiger partial charge in [-0.1, -0.05) is 103 Å². The van der Waals surface area contributed by atoms with Crippen molar-refractivity contribution < 1.29 is 13.2 Å². The van der Waals surface area contributed by atoms with Crippen molar-refractivity contribution in [2.75, 3.05) is 0 Å². The van der Waals surface area contributed by atoms with E-state index in [9.17, 15) is 23.7 Å². The van der Waals surface area contributed by atoms with Crippen molar-refractivity contribution in [3.8, 4) is 56.9 Å². The summed E-state index contributed by atoms with van der Waals surface area (Å²) in [5.41, 5.74) is 8.14. The van der Waals surface area contributed by atoms with E-state index in [1.165, 1.54) is 6.07 Å². The van der Waals surface area contributed by atoms with Crippen LogP contribution in [0.1, 0.15) is 16.7 Å². The lowest BCUT2D eigenvalue weighted by Gasteiger charge is -2.19. The molecule has 0 fully saturated rings. The molecule has 62 heavy (non-hydrogen) atoms. The van der Waals surface area contributed by atoms with Crippen LogP contribution in [-0.4, -0.2) is 9.13 Å². The second-order valence-electron chi connectivity index (χ2n) is 14.8. The lowest BCUT2D eigenvalue weighted by Crippen LogP contribution is -2.06. The third-order valence-corrected chi connectivity index (χ3v) is 11.5. The first-order chi connectivity index (χ1) is 30.2. The minimum Gasteiger partial charge on any atom is -0.308 e. The number of aromatic nitrogens is 2. The molecular formula is C53H27F3N6. The molecule has 10 aromatic rings. The van der Waals surface area contributed by atoms with E-state index < -0.39 is 11.7 Å². The van der Waals surface area contributed by atoms with Crippen molar-refractivity contribution >= 4 is 55.0 Å². The van der Waals surface area contributed by atoms with Gasteiger partial charge in [0.1, 0.15) is 11.6 Å². The Morgan fingerprint density at radius 3 is 1.52 bits per heavy atom. The summed E-state index contributed by atoms with van der Waals surface area (Å²) in [5, 5.41) is 24.8. The highest BCUT2D eigenvalue weighted by Crippen LogP contribution is 2.44. The molecule has 0 saturated heterocycles. The fourth-order valence-electron chi connectivity index (χ4n) is 8.73. The van der Waals surface area contributed by atoms with Gasteiger partial charge >= 0.3 is 6.18 Å². The first-order valence-electron chi connectivity index (χ1n) is 19.4. The fourth-order valence-corrected chi connectivity index (χ4v) is 8.73. The zero-order chi connectivity index (χ0) is 42.7. The molecule has 8 aromatic carbocycles. The van der Waals surface area contributed by atoms with Crippen LogP contribution in [0.4, 0.5) is 24.5 Å². The van der Waals surface area contributed by atoms with Gasteiger partial charge in [-0.05, 0) is 94.0 Å². The minimum atomic E-state index is -4.66. The SMILES string of the molecule is [C-]#[N+]c1ccccc1-c1ccc2c(c1)c1ccccc1n2-c1cc(-c2ccc(C(F)(F)F)cc2[N+]#[C-])cc(-n2c3ccccc3c3cc(-c4ccccc4C#N)ccc32)c1C#N. The monoisotopic (exact) mass is 804 g/mol. The van der Waals surface area contributed by atoms with Gasteiger partial charge in [0, 0.05) is 27.1 Å². The van der Waals surface area contributed by atoms with E-state index in [1.54, 1.807) is 24.3 Å². The van der Waals surface area contributed by atoms with Gasteiger partial charge in [0.15, 0.2) is 11.4 Å². The summed E-state index contributed by atoms with van der Waals surface area (Å²) in [7, 11) is 0. The standard InChI is InChI=1S/C53H27F3N6/c1-59-45-16-8-5-13-38(45)33-20-24-50-43(26-33)41-15-7-10-18-48(41)62(50)52-28-35(39-22-21-36(53(54,55)56)29-46(39)60-2)27-51(44(52)31-58)61-47-17-9-6-14-40(47)42-25-32(19-23-49(42)61)37-12-4-3-11-34(37)30-57/h3-29H. The summed E-state index contributed by atoms with van der Waals surface area (Å²) in [6, 6.07) is 53.8. The van der Waals surface area contributed by atoms with E-state index in [2.05, 4.69) is 21.8 Å². The van der Waals surface area contributed by atoms with Crippen molar-refractivity contribution in [1.29, 1.82) is 10.5 Å². The Balaban J connectivity index is 1.31. The van der Waals surface area contributed by atoms with Gasteiger partial charge in [-0.2, -0.15) is 23.7 Å². The van der Waals surface area contributed by atoms with E-state index >= 15 is 0 Å². The Morgan fingerprint density at radius 1 is 0.452 bits per heavy atom. The highest BCUT2D eigenvalue weighted by Gasteiger charge is 2.31. The quantitative estimate of drug-likeness (QED) is 0.163. The Morgan fingerprint density at radius 2 is 0.952 bits per heavy atom. The molecule has 2 aromatic heterocycles. The van der Waals surface area contributed by atoms with Crippen molar-refractivity contribution in [2.24, 2.45) is 0 Å². The first-order valence-corrected chi connectivity index (χ1v) is 19.4. The molecule has 0 spiro atoms. The van der Waals surface area contributed by atoms with E-state index in [-0.39, 0.29) is 16.8 Å². The largest absolute Gasteiger partial charge is 0.415 e. The molecule has 0 aliphatic rings. The van der Waals surface area contributed by atoms with E-state index in [0.29, 0.717) is 28.2 Å². The molecule has 10 rings (SSSR count). The molecule has 0 unspecified atom stereocenters. The molecule has 9 heteroatoms. The number of alkyl halides is 3. The number of halogens is 3. The maximum absolute atomic E-state index is 14.0. The first kappa shape index (κ1) is 37.4. The van der Waals surface area contributed by atoms with Gasteiger partial charge in [0.25, 0.3) is 0 Å². The molecule has 0 amide bonds. The van der Waals surface area contributed by atoms with Crippen LogP contribution in [0.3, 0.4) is 0 Å². The third-order valence-electron chi connectivity index (χ3n) is 11.5. The van der Waals surface area contributed by atoms with Crippen molar-refractivity contribution in [1.82, 2.24) is 9.13 Å². The summed E-state index contributed by atoms with van der Waals surface area (Å²) >= 11 is 0. The van der Waals surface area contributed by atoms with E-state index in [1.807, 2.05) is 130 Å². The summed E-state index contributed by atoms with van der Waals surface area (Å²) in [5.74, 6) is 0. The summed E-state index contributed by atoms with van der Waals surface area (Å²) < 4.78 is 46.0. The molecule has 0 aliphatic heterocycles. The predicted octanol–water partition coefficient (Wildman–Crippen LogP) is 14.7. The van der Waals surface area contributed by atoms with Crippen molar-refractivity contribution in [3.63, 3.8) is 0 Å². The van der Waals surface area contributed by atoms with Crippen LogP contribution in [0.15, 0.2) is 164 Å². The zero-order valence-electron chi connectivity index (χ0n) is 32.4. The lowest BCUT2D eigenvalue weighted by molar-refractivity contribution is -0.137. The topological polar surface area (TPSA) is 66.2 Å². The molecular weight excluding hydrogens is 778 g/mol. The number of hydrogen-bond donors (Lipinski definition) is 0. The molecule has 2 heterocycles. The molecule has 0 atom stereocenters. The van der Waals surface area contributed by atoms with Crippen LogP contribution in [0.2, 0.25) is 0 Å². The van der Waals surface area contributed by atoms with Gasteiger partial charge in [-0.15, -0.1) is 0 Å². The number of rotatable bonds is 5. The lowest BCUT2D eigenvalue weighted by atomic mass is 9.97. The normalized spacial score (nSPS) is 11.4. The molecule has 0 N–H and O–H groups in total. The van der Waals surface area contributed by atoms with Crippen LogP contribution in [0.25, 0.3) is 98.1 Å². The van der Waals surface area contributed by atoms with Gasteiger partial charge in [-0.3, -0.25) is 0 Å². The summed E-state index contributed by atoms with van der Waals surface area (Å²) in [6.45, 7) is 15.8. The number of benzene rings is 8. The van der Waals surface area contributed by atoms with E-state index in [4.69, 9.17) is 13.1 Å². The Kier molecular flexibility index (Phi) is 8.70. The fraction of sp³-hybridized carbons (Fsp3) is 0.0189. The number of fused-ring (bicyclic) bond motifs is 6. The maximum Gasteiger partial charge on any atom is 0.415 e. The minimum absolute atomic E-state index is 0.185. The average Bonchev–Trinajstić information content (AvgIpc) is 3.82. The van der Waals surface area contributed by atoms with Gasteiger partial charge in [-0.25, -0.2) is 9.69 Å². The number of para-hydroxylation sites is 3. The number of nitrogens with zero attached hydrogens (tertiary/aromatic N) is 6. The average molecular weight is 805 g/mol. The summed E-state index contributed by atoms with van der Waals surface area (Å²) in [6.07, 6.45) is -4.66. The maximum atomic E-state index is 14.0. The molecule has 0 radical (unpaired) electrons. The van der Waals surface area contributed by atoms with E-state index in [0.717, 1.165) is 78.0 Å². The molecule has 290 valence electrons. The number of nitriles is 2. The smallest absolute Gasteiger partial charge is 0.308 e. The van der Waals surface area contributed by atoms with Crippen LogP contribution in [-0.2, 0) is 6.18 Å². The molecule has 0 bridgehead atoms. The van der Waals surface area contributed by atoms with Crippen LogP contribution in [0, 0.1) is 35.8 Å².